The van der Waals surface area contributed by atoms with E-state index in [2.05, 4.69) is 53.7 Å². The maximum atomic E-state index is 3.02. The van der Waals surface area contributed by atoms with Gasteiger partial charge in [-0.05, 0) is 54.2 Å². The summed E-state index contributed by atoms with van der Waals surface area (Å²) in [6.45, 7) is 1.76. The predicted molar refractivity (Wildman–Crippen MR) is 77.9 cm³/mol. The fraction of sp³-hybridized carbons (Fsp3) is 0.0588. The summed E-state index contributed by atoms with van der Waals surface area (Å²) in [7, 11) is 0. The van der Waals surface area contributed by atoms with Gasteiger partial charge < -0.3 is 0 Å². The van der Waals surface area contributed by atoms with E-state index >= 15 is 0 Å². The number of thiophene rings is 1. The lowest BCUT2D eigenvalue weighted by atomic mass is 10.2. The highest BCUT2D eigenvalue weighted by atomic mass is 32.1. The molecule has 18 heavy (non-hydrogen) atoms. The summed E-state index contributed by atoms with van der Waals surface area (Å²) >= 11 is 1.67. The molecule has 0 bridgehead atoms. The molecule has 0 aliphatic carbocycles. The van der Waals surface area contributed by atoms with Crippen LogP contribution in [0.5, 0.6) is 0 Å². The van der Waals surface area contributed by atoms with Gasteiger partial charge in [-0.2, -0.15) is 0 Å². The summed E-state index contributed by atoms with van der Waals surface area (Å²) in [6, 6.07) is 14.4. The van der Waals surface area contributed by atoms with Crippen LogP contribution in [0.1, 0.15) is 11.8 Å². The first kappa shape index (κ1) is 12.1. The van der Waals surface area contributed by atoms with Crippen molar-refractivity contribution in [3.8, 4) is 46.0 Å². The van der Waals surface area contributed by atoms with Gasteiger partial charge in [0.15, 0.2) is 0 Å². The molecular formula is C17H10S. The van der Waals surface area contributed by atoms with Gasteiger partial charge in [0.05, 0.1) is 4.88 Å². The normalized spacial score (nSPS) is 8.06. The fourth-order valence-corrected chi connectivity index (χ4v) is 2.25. The SMILES string of the molecule is CC#CC#CC#Cc1ccc(-c2ccccc2)s1. The van der Waals surface area contributed by atoms with Crippen LogP contribution in [-0.4, -0.2) is 0 Å². The highest BCUT2D eigenvalue weighted by molar-refractivity contribution is 7.16. The fourth-order valence-electron chi connectivity index (χ4n) is 1.38. The Hall–Kier alpha value is -2.40. The molecule has 0 saturated carbocycles. The second kappa shape index (κ2) is 6.36. The molecule has 0 amide bonds. The molecule has 1 heteroatoms. The third-order valence-corrected chi connectivity index (χ3v) is 3.21. The third kappa shape index (κ3) is 3.29. The third-order valence-electron chi connectivity index (χ3n) is 2.16. The summed E-state index contributed by atoms with van der Waals surface area (Å²) in [6.07, 6.45) is 0. The van der Waals surface area contributed by atoms with Crippen molar-refractivity contribution in [1.82, 2.24) is 0 Å². The minimum atomic E-state index is 1.02. The van der Waals surface area contributed by atoms with Crippen LogP contribution in [-0.2, 0) is 0 Å². The predicted octanol–water partition coefficient (Wildman–Crippen LogP) is 3.79. The van der Waals surface area contributed by atoms with E-state index in [1.807, 2.05) is 24.3 Å². The zero-order valence-electron chi connectivity index (χ0n) is 9.95. The average Bonchev–Trinajstić information content (AvgIpc) is 2.88. The Kier molecular flexibility index (Phi) is 4.27. The van der Waals surface area contributed by atoms with E-state index in [1.165, 1.54) is 10.4 Å². The lowest BCUT2D eigenvalue weighted by molar-refractivity contribution is 1.70. The molecule has 0 saturated heterocycles. The van der Waals surface area contributed by atoms with Crippen LogP contribution in [0.25, 0.3) is 10.4 Å². The van der Waals surface area contributed by atoms with E-state index in [4.69, 9.17) is 0 Å². The van der Waals surface area contributed by atoms with Crippen molar-refractivity contribution in [3.63, 3.8) is 0 Å². The molecule has 1 aromatic heterocycles. The van der Waals surface area contributed by atoms with Gasteiger partial charge in [0.1, 0.15) is 0 Å². The van der Waals surface area contributed by atoms with Crippen LogP contribution >= 0.6 is 11.3 Å². The smallest absolute Gasteiger partial charge is 0.0785 e. The molecule has 0 radical (unpaired) electrons. The van der Waals surface area contributed by atoms with E-state index in [1.54, 1.807) is 18.3 Å². The van der Waals surface area contributed by atoms with Crippen molar-refractivity contribution in [2.75, 3.05) is 0 Å². The molecule has 0 aliphatic rings. The second-order valence-corrected chi connectivity index (χ2v) is 4.49. The van der Waals surface area contributed by atoms with E-state index in [-0.39, 0.29) is 0 Å². The van der Waals surface area contributed by atoms with Crippen molar-refractivity contribution in [1.29, 1.82) is 0 Å². The van der Waals surface area contributed by atoms with Gasteiger partial charge in [0, 0.05) is 4.88 Å². The number of hydrogen-bond donors (Lipinski definition) is 0. The first-order chi connectivity index (χ1) is 8.90. The molecule has 0 nitrogen and oxygen atoms in total. The highest BCUT2D eigenvalue weighted by Crippen LogP contribution is 2.27. The Bertz CT molecular complexity index is 701. The summed E-state index contributed by atoms with van der Waals surface area (Å²) in [5, 5.41) is 0. The molecule has 0 N–H and O–H groups in total. The van der Waals surface area contributed by atoms with Gasteiger partial charge in [-0.3, -0.25) is 0 Å². The molecule has 0 fully saturated rings. The standard InChI is InChI=1S/C17H10S/c1-2-3-4-5-9-12-16-13-14-17(18-16)15-10-7-6-8-11-15/h6-8,10-11,13-14H,1H3. The average molecular weight is 246 g/mol. The Morgan fingerprint density at radius 3 is 2.39 bits per heavy atom. The zero-order valence-corrected chi connectivity index (χ0v) is 10.8. The van der Waals surface area contributed by atoms with Gasteiger partial charge in [-0.25, -0.2) is 0 Å². The molecular weight excluding hydrogens is 236 g/mol. The van der Waals surface area contributed by atoms with Gasteiger partial charge in [0.2, 0.25) is 0 Å². The maximum absolute atomic E-state index is 3.02. The number of rotatable bonds is 1. The van der Waals surface area contributed by atoms with Crippen molar-refractivity contribution < 1.29 is 0 Å². The van der Waals surface area contributed by atoms with Crippen molar-refractivity contribution in [2.45, 2.75) is 6.92 Å². The monoisotopic (exact) mass is 246 g/mol. The molecule has 0 aliphatic heterocycles. The largest absolute Gasteiger partial charge is 0.127 e. The van der Waals surface area contributed by atoms with Gasteiger partial charge in [-0.15, -0.1) is 11.3 Å². The highest BCUT2D eigenvalue weighted by Gasteiger charge is 1.99. The number of benzene rings is 1. The van der Waals surface area contributed by atoms with Gasteiger partial charge >= 0.3 is 0 Å². The first-order valence-corrected chi connectivity index (χ1v) is 6.30. The lowest BCUT2D eigenvalue weighted by Gasteiger charge is -1.93. The van der Waals surface area contributed by atoms with Crippen LogP contribution in [0.3, 0.4) is 0 Å². The molecule has 0 unspecified atom stereocenters. The van der Waals surface area contributed by atoms with E-state index < -0.39 is 0 Å². The topological polar surface area (TPSA) is 0 Å². The Balaban J connectivity index is 2.17. The van der Waals surface area contributed by atoms with Crippen LogP contribution in [0, 0.1) is 35.5 Å². The first-order valence-electron chi connectivity index (χ1n) is 5.48. The maximum Gasteiger partial charge on any atom is 0.0785 e. The Labute approximate surface area is 112 Å². The number of hydrogen-bond acceptors (Lipinski definition) is 1. The van der Waals surface area contributed by atoms with E-state index in [0.717, 1.165) is 4.88 Å². The summed E-state index contributed by atoms with van der Waals surface area (Å²) in [4.78, 5) is 2.24. The summed E-state index contributed by atoms with van der Waals surface area (Å²) in [5.74, 6) is 16.5. The van der Waals surface area contributed by atoms with Gasteiger partial charge in [-0.1, -0.05) is 36.3 Å². The van der Waals surface area contributed by atoms with Gasteiger partial charge in [0.25, 0.3) is 0 Å². The van der Waals surface area contributed by atoms with Crippen LogP contribution in [0.15, 0.2) is 42.5 Å². The quantitative estimate of drug-likeness (QED) is 0.671. The Morgan fingerprint density at radius 2 is 1.61 bits per heavy atom. The molecule has 2 aromatic rings. The van der Waals surface area contributed by atoms with E-state index in [9.17, 15) is 0 Å². The molecule has 0 atom stereocenters. The van der Waals surface area contributed by atoms with E-state index in [0.29, 0.717) is 0 Å². The van der Waals surface area contributed by atoms with Crippen molar-refractivity contribution >= 4 is 11.3 Å². The van der Waals surface area contributed by atoms with Crippen molar-refractivity contribution in [3.05, 3.63) is 47.3 Å². The van der Waals surface area contributed by atoms with Crippen molar-refractivity contribution in [2.24, 2.45) is 0 Å². The zero-order chi connectivity index (χ0) is 12.6. The molecule has 1 heterocycles. The molecule has 1 aromatic carbocycles. The second-order valence-electron chi connectivity index (χ2n) is 3.40. The van der Waals surface area contributed by atoms with Crippen LogP contribution < -0.4 is 0 Å². The van der Waals surface area contributed by atoms with Crippen LogP contribution in [0.4, 0.5) is 0 Å². The summed E-state index contributed by atoms with van der Waals surface area (Å²) < 4.78 is 0. The minimum Gasteiger partial charge on any atom is -0.127 e. The molecule has 84 valence electrons. The molecule has 2 rings (SSSR count). The summed E-state index contributed by atoms with van der Waals surface area (Å²) in [5.41, 5.74) is 1.22. The lowest BCUT2D eigenvalue weighted by Crippen LogP contribution is -1.67. The van der Waals surface area contributed by atoms with Crippen LogP contribution in [0.2, 0.25) is 0 Å². The molecule has 0 spiro atoms. The minimum absolute atomic E-state index is 1.02. The Morgan fingerprint density at radius 1 is 0.833 bits per heavy atom.